The second kappa shape index (κ2) is 7.04. The molecule has 0 aromatic carbocycles. The van der Waals surface area contributed by atoms with Crippen LogP contribution >= 0.6 is 11.6 Å². The van der Waals surface area contributed by atoms with Crippen molar-refractivity contribution in [1.29, 1.82) is 0 Å². The molecule has 0 aliphatic carbocycles. The molecule has 0 unspecified atom stereocenters. The molecule has 1 aromatic heterocycles. The van der Waals surface area contributed by atoms with Crippen LogP contribution in [0.5, 0.6) is 0 Å². The van der Waals surface area contributed by atoms with Gasteiger partial charge in [-0.2, -0.15) is 0 Å². The van der Waals surface area contributed by atoms with Crippen LogP contribution in [-0.2, 0) is 4.79 Å². The van der Waals surface area contributed by atoms with Crippen LogP contribution in [0.4, 0.5) is 5.82 Å². The first kappa shape index (κ1) is 16.0. The summed E-state index contributed by atoms with van der Waals surface area (Å²) >= 11 is 6.04. The number of carbonyl (C=O) groups excluding carboxylic acids is 1. The molecule has 2 rings (SSSR count). The number of nitrogens with two attached hydrogens (primary N) is 1. The number of nitrogens with zero attached hydrogens (tertiary/aromatic N) is 3. The van der Waals surface area contributed by atoms with E-state index in [4.69, 9.17) is 17.3 Å². The molecule has 7 heteroatoms. The Kier molecular flexibility index (Phi) is 5.36. The zero-order valence-corrected chi connectivity index (χ0v) is 13.2. The van der Waals surface area contributed by atoms with E-state index in [2.05, 4.69) is 20.2 Å². The van der Waals surface area contributed by atoms with E-state index in [1.165, 1.54) is 0 Å². The molecular weight excluding hydrogens is 290 g/mol. The van der Waals surface area contributed by atoms with Crippen molar-refractivity contribution < 1.29 is 4.79 Å². The summed E-state index contributed by atoms with van der Waals surface area (Å²) in [6, 6.07) is 2.09. The largest absolute Gasteiger partial charge is 0.369 e. The molecule has 0 bridgehead atoms. The highest BCUT2D eigenvalue weighted by Gasteiger charge is 2.20. The summed E-state index contributed by atoms with van der Waals surface area (Å²) in [6.45, 7) is 6.13. The van der Waals surface area contributed by atoms with E-state index >= 15 is 0 Å². The van der Waals surface area contributed by atoms with Crippen molar-refractivity contribution in [2.75, 3.05) is 25.0 Å². The van der Waals surface area contributed by atoms with Crippen LogP contribution in [0.3, 0.4) is 0 Å². The normalized spacial score (nSPS) is 17.1. The van der Waals surface area contributed by atoms with Gasteiger partial charge < -0.3 is 11.1 Å². The second-order valence-electron chi connectivity index (χ2n) is 5.75. The van der Waals surface area contributed by atoms with Gasteiger partial charge in [-0.15, -0.1) is 0 Å². The monoisotopic (exact) mass is 311 g/mol. The SMILES string of the molecule is CC(C)c1nc(Cl)cc(NC2CCN(CC(N)=O)CC2)n1. The molecule has 0 radical (unpaired) electrons. The van der Waals surface area contributed by atoms with E-state index < -0.39 is 0 Å². The third-order valence-corrected chi connectivity index (χ3v) is 3.74. The molecule has 116 valence electrons. The lowest BCUT2D eigenvalue weighted by atomic mass is 10.1. The average molecular weight is 312 g/mol. The molecule has 0 atom stereocenters. The van der Waals surface area contributed by atoms with Crippen molar-refractivity contribution in [3.05, 3.63) is 17.0 Å². The molecule has 1 aromatic rings. The summed E-state index contributed by atoms with van der Waals surface area (Å²) in [5.41, 5.74) is 5.22. The lowest BCUT2D eigenvalue weighted by molar-refractivity contribution is -0.119. The Morgan fingerprint density at radius 3 is 2.71 bits per heavy atom. The zero-order valence-electron chi connectivity index (χ0n) is 12.5. The number of rotatable bonds is 5. The number of hydrogen-bond acceptors (Lipinski definition) is 5. The second-order valence-corrected chi connectivity index (χ2v) is 6.14. The minimum atomic E-state index is -0.273. The summed E-state index contributed by atoms with van der Waals surface area (Å²) in [4.78, 5) is 21.7. The van der Waals surface area contributed by atoms with Gasteiger partial charge >= 0.3 is 0 Å². The van der Waals surface area contributed by atoms with Crippen molar-refractivity contribution in [3.63, 3.8) is 0 Å². The van der Waals surface area contributed by atoms with Gasteiger partial charge in [-0.1, -0.05) is 25.4 Å². The number of amides is 1. The Morgan fingerprint density at radius 1 is 1.48 bits per heavy atom. The Labute approximate surface area is 130 Å². The van der Waals surface area contributed by atoms with Gasteiger partial charge in [0.15, 0.2) is 0 Å². The first-order chi connectivity index (χ1) is 9.94. The van der Waals surface area contributed by atoms with Crippen molar-refractivity contribution in [2.24, 2.45) is 5.73 Å². The molecule has 0 saturated carbocycles. The third kappa shape index (κ3) is 4.82. The molecule has 2 heterocycles. The van der Waals surface area contributed by atoms with Crippen LogP contribution < -0.4 is 11.1 Å². The first-order valence-corrected chi connectivity index (χ1v) is 7.63. The third-order valence-electron chi connectivity index (χ3n) is 3.55. The summed E-state index contributed by atoms with van der Waals surface area (Å²) in [5.74, 6) is 1.48. The molecule has 1 saturated heterocycles. The number of anilines is 1. The fourth-order valence-electron chi connectivity index (χ4n) is 2.43. The number of likely N-dealkylation sites (tertiary alicyclic amines) is 1. The van der Waals surface area contributed by atoms with E-state index in [1.807, 2.05) is 13.8 Å². The standard InChI is InChI=1S/C14H22ClN5O/c1-9(2)14-18-11(15)7-13(19-14)17-10-3-5-20(6-4-10)8-12(16)21/h7,9-10H,3-6,8H2,1-2H3,(H2,16,21)(H,17,18,19). The summed E-state index contributed by atoms with van der Waals surface area (Å²) in [6.07, 6.45) is 1.90. The predicted molar refractivity (Wildman–Crippen MR) is 83.4 cm³/mol. The van der Waals surface area contributed by atoms with Crippen molar-refractivity contribution in [3.8, 4) is 0 Å². The van der Waals surface area contributed by atoms with Gasteiger partial charge in [-0.3, -0.25) is 9.69 Å². The first-order valence-electron chi connectivity index (χ1n) is 7.25. The van der Waals surface area contributed by atoms with Gasteiger partial charge in [0.1, 0.15) is 16.8 Å². The highest BCUT2D eigenvalue weighted by atomic mass is 35.5. The van der Waals surface area contributed by atoms with Crippen LogP contribution in [0.2, 0.25) is 5.15 Å². The summed E-state index contributed by atoms with van der Waals surface area (Å²) in [7, 11) is 0. The number of halogens is 1. The van der Waals surface area contributed by atoms with Crippen molar-refractivity contribution >= 4 is 23.3 Å². The average Bonchev–Trinajstić information content (AvgIpc) is 2.39. The fraction of sp³-hybridized carbons (Fsp3) is 0.643. The van der Waals surface area contributed by atoms with E-state index in [0.717, 1.165) is 37.6 Å². The summed E-state index contributed by atoms with van der Waals surface area (Å²) in [5, 5.41) is 3.87. The van der Waals surface area contributed by atoms with Gasteiger partial charge in [0, 0.05) is 31.1 Å². The molecule has 1 aliphatic heterocycles. The van der Waals surface area contributed by atoms with E-state index in [1.54, 1.807) is 6.07 Å². The molecule has 1 amide bonds. The molecule has 6 nitrogen and oxygen atoms in total. The maximum absolute atomic E-state index is 10.9. The Bertz CT molecular complexity index is 500. The van der Waals surface area contributed by atoms with E-state index in [-0.39, 0.29) is 11.8 Å². The highest BCUT2D eigenvalue weighted by Crippen LogP contribution is 2.20. The summed E-state index contributed by atoms with van der Waals surface area (Å²) < 4.78 is 0. The Balaban J connectivity index is 1.93. The number of nitrogens with one attached hydrogen (secondary N) is 1. The van der Waals surface area contributed by atoms with E-state index in [0.29, 0.717) is 17.7 Å². The number of aromatic nitrogens is 2. The Hall–Kier alpha value is -1.40. The quantitative estimate of drug-likeness (QED) is 0.807. The predicted octanol–water partition coefficient (Wildman–Crippen LogP) is 1.61. The van der Waals surface area contributed by atoms with E-state index in [9.17, 15) is 4.79 Å². The van der Waals surface area contributed by atoms with Crippen LogP contribution in [0.25, 0.3) is 0 Å². The van der Waals surface area contributed by atoms with Crippen LogP contribution in [-0.4, -0.2) is 46.5 Å². The number of piperidine rings is 1. The molecule has 3 N–H and O–H groups in total. The lowest BCUT2D eigenvalue weighted by Crippen LogP contribution is -2.43. The zero-order chi connectivity index (χ0) is 15.4. The number of primary amides is 1. The van der Waals surface area contributed by atoms with Crippen molar-refractivity contribution in [1.82, 2.24) is 14.9 Å². The highest BCUT2D eigenvalue weighted by molar-refractivity contribution is 6.29. The van der Waals surface area contributed by atoms with Gasteiger partial charge in [0.05, 0.1) is 6.54 Å². The van der Waals surface area contributed by atoms with Gasteiger partial charge in [-0.25, -0.2) is 9.97 Å². The lowest BCUT2D eigenvalue weighted by Gasteiger charge is -2.31. The molecular formula is C14H22ClN5O. The number of hydrogen-bond donors (Lipinski definition) is 2. The maximum Gasteiger partial charge on any atom is 0.231 e. The van der Waals surface area contributed by atoms with Crippen LogP contribution in [0.15, 0.2) is 6.07 Å². The van der Waals surface area contributed by atoms with Gasteiger partial charge in [-0.05, 0) is 12.8 Å². The van der Waals surface area contributed by atoms with Gasteiger partial charge in [0.2, 0.25) is 5.91 Å². The molecule has 0 spiro atoms. The minimum Gasteiger partial charge on any atom is -0.369 e. The fourth-order valence-corrected chi connectivity index (χ4v) is 2.62. The topological polar surface area (TPSA) is 84.1 Å². The maximum atomic E-state index is 10.9. The molecule has 1 fully saturated rings. The van der Waals surface area contributed by atoms with Crippen LogP contribution in [0, 0.1) is 0 Å². The van der Waals surface area contributed by atoms with Crippen molar-refractivity contribution in [2.45, 2.75) is 38.6 Å². The van der Waals surface area contributed by atoms with Crippen LogP contribution in [0.1, 0.15) is 38.4 Å². The smallest absolute Gasteiger partial charge is 0.231 e. The number of carbonyl (C=O) groups is 1. The molecule has 1 aliphatic rings. The molecule has 21 heavy (non-hydrogen) atoms. The Morgan fingerprint density at radius 2 is 2.14 bits per heavy atom. The van der Waals surface area contributed by atoms with Gasteiger partial charge in [0.25, 0.3) is 0 Å². The minimum absolute atomic E-state index is 0.238.